The molecule has 0 aliphatic carbocycles. The molecular formula is C16H12ClN5O5. The van der Waals surface area contributed by atoms with Crippen LogP contribution in [0.25, 0.3) is 5.69 Å². The lowest BCUT2D eigenvalue weighted by atomic mass is 10.2. The lowest BCUT2D eigenvalue weighted by Crippen LogP contribution is -2.22. The number of hydrogen-bond donors (Lipinski definition) is 1. The molecule has 1 N–H and O–H groups in total. The van der Waals surface area contributed by atoms with Gasteiger partial charge in [-0.1, -0.05) is 16.4 Å². The van der Waals surface area contributed by atoms with Crippen LogP contribution in [0.15, 0.2) is 47.5 Å². The maximum absolute atomic E-state index is 11.4. The Morgan fingerprint density at radius 1 is 1.15 bits per heavy atom. The molecule has 1 aliphatic rings. The zero-order valence-corrected chi connectivity index (χ0v) is 14.4. The van der Waals surface area contributed by atoms with Crippen molar-refractivity contribution in [2.45, 2.75) is 0 Å². The SMILES string of the molecule is O=[N+]([O-])c1nn(-c2ccc3c(c2)OCCO3)n(O)c1=Nc1ccc(Cl)cc1. The largest absolute Gasteiger partial charge is 0.486 e. The van der Waals surface area contributed by atoms with Crippen LogP contribution >= 0.6 is 11.6 Å². The molecule has 0 saturated carbocycles. The van der Waals surface area contributed by atoms with Crippen LogP contribution in [0.5, 0.6) is 11.5 Å². The minimum Gasteiger partial charge on any atom is -0.486 e. The van der Waals surface area contributed by atoms with E-state index >= 15 is 0 Å². The van der Waals surface area contributed by atoms with Gasteiger partial charge in [-0.25, -0.2) is 4.99 Å². The molecular weight excluding hydrogens is 378 g/mol. The Morgan fingerprint density at radius 2 is 1.85 bits per heavy atom. The van der Waals surface area contributed by atoms with Crippen molar-refractivity contribution in [2.75, 3.05) is 13.2 Å². The standard InChI is InChI=1S/C16H12ClN5O5/c17-10-1-3-11(4-2-10)18-15-16(22(24)25)19-20(21(15)23)12-5-6-13-14(9-12)27-8-7-26-13/h1-6,9,23H,7-8H2. The number of hydrogen-bond acceptors (Lipinski definition) is 7. The zero-order chi connectivity index (χ0) is 19.0. The fourth-order valence-corrected chi connectivity index (χ4v) is 2.66. The van der Waals surface area contributed by atoms with Crippen LogP contribution in [-0.2, 0) is 0 Å². The zero-order valence-electron chi connectivity index (χ0n) is 13.6. The topological polar surface area (TPSA) is 117 Å². The molecule has 27 heavy (non-hydrogen) atoms. The van der Waals surface area contributed by atoms with Crippen LogP contribution in [0.4, 0.5) is 11.5 Å². The van der Waals surface area contributed by atoms with Crippen LogP contribution in [0, 0.1) is 10.1 Å². The lowest BCUT2D eigenvalue weighted by molar-refractivity contribution is -0.391. The molecule has 2 heterocycles. The molecule has 0 radical (unpaired) electrons. The second kappa shape index (κ2) is 6.65. The van der Waals surface area contributed by atoms with Crippen molar-refractivity contribution in [2.24, 2.45) is 4.99 Å². The van der Waals surface area contributed by atoms with Gasteiger partial charge in [0.2, 0.25) is 0 Å². The predicted molar refractivity (Wildman–Crippen MR) is 93.1 cm³/mol. The highest BCUT2D eigenvalue weighted by Gasteiger charge is 2.25. The third kappa shape index (κ3) is 3.17. The summed E-state index contributed by atoms with van der Waals surface area (Å²) >= 11 is 5.83. The van der Waals surface area contributed by atoms with E-state index in [9.17, 15) is 15.3 Å². The summed E-state index contributed by atoms with van der Waals surface area (Å²) in [7, 11) is 0. The normalized spacial score (nSPS) is 13.6. The molecule has 1 aliphatic heterocycles. The molecule has 0 saturated heterocycles. The number of fused-ring (bicyclic) bond motifs is 1. The Kier molecular flexibility index (Phi) is 4.16. The first kappa shape index (κ1) is 16.9. The van der Waals surface area contributed by atoms with Gasteiger partial charge in [-0.2, -0.15) is 0 Å². The number of nitro groups is 1. The van der Waals surface area contributed by atoms with Gasteiger partial charge in [-0.3, -0.25) is 0 Å². The van der Waals surface area contributed by atoms with Gasteiger partial charge in [-0.15, -0.1) is 0 Å². The average Bonchev–Trinajstić information content (AvgIpc) is 3.00. The molecule has 138 valence electrons. The predicted octanol–water partition coefficient (Wildman–Crippen LogP) is 2.48. The highest BCUT2D eigenvalue weighted by molar-refractivity contribution is 6.30. The maximum atomic E-state index is 11.4. The molecule has 0 unspecified atom stereocenters. The first-order valence-corrected chi connectivity index (χ1v) is 8.17. The van der Waals surface area contributed by atoms with Crippen molar-refractivity contribution in [3.05, 3.63) is 63.1 Å². The molecule has 0 fully saturated rings. The average molecular weight is 390 g/mol. The highest BCUT2D eigenvalue weighted by Crippen LogP contribution is 2.31. The summed E-state index contributed by atoms with van der Waals surface area (Å²) in [6.45, 7) is 0.815. The second-order valence-electron chi connectivity index (χ2n) is 5.50. The number of aromatic nitrogens is 3. The summed E-state index contributed by atoms with van der Waals surface area (Å²) in [6.07, 6.45) is 0. The van der Waals surface area contributed by atoms with Crippen molar-refractivity contribution in [1.82, 2.24) is 14.7 Å². The summed E-state index contributed by atoms with van der Waals surface area (Å²) in [6, 6.07) is 11.1. The van der Waals surface area contributed by atoms with Gasteiger partial charge in [-0.05, 0) is 46.1 Å². The van der Waals surface area contributed by atoms with Crippen LogP contribution in [0.1, 0.15) is 0 Å². The van der Waals surface area contributed by atoms with Gasteiger partial charge in [0.05, 0.1) is 10.8 Å². The van der Waals surface area contributed by atoms with Gasteiger partial charge in [0.25, 0.3) is 5.49 Å². The molecule has 0 bridgehead atoms. The quantitative estimate of drug-likeness (QED) is 0.418. The van der Waals surface area contributed by atoms with E-state index in [0.29, 0.717) is 46.0 Å². The van der Waals surface area contributed by atoms with E-state index in [2.05, 4.69) is 10.1 Å². The smallest absolute Gasteiger partial charge is 0.438 e. The van der Waals surface area contributed by atoms with E-state index in [0.717, 1.165) is 4.80 Å². The fourth-order valence-electron chi connectivity index (χ4n) is 2.53. The van der Waals surface area contributed by atoms with Crippen LogP contribution < -0.4 is 15.0 Å². The summed E-state index contributed by atoms with van der Waals surface area (Å²) in [5, 5.41) is 26.2. The molecule has 0 spiro atoms. The van der Waals surface area contributed by atoms with E-state index in [1.54, 1.807) is 42.5 Å². The molecule has 10 nitrogen and oxygen atoms in total. The lowest BCUT2D eigenvalue weighted by Gasteiger charge is -2.18. The Morgan fingerprint density at radius 3 is 2.56 bits per heavy atom. The monoisotopic (exact) mass is 389 g/mol. The summed E-state index contributed by atoms with van der Waals surface area (Å²) in [5.41, 5.74) is 0.367. The molecule has 0 amide bonds. The number of ether oxygens (including phenoxy) is 2. The van der Waals surface area contributed by atoms with E-state index in [-0.39, 0.29) is 5.49 Å². The maximum Gasteiger partial charge on any atom is 0.438 e. The third-order valence-electron chi connectivity index (χ3n) is 3.75. The summed E-state index contributed by atoms with van der Waals surface area (Å²) in [4.78, 5) is 16.2. The highest BCUT2D eigenvalue weighted by atomic mass is 35.5. The number of halogens is 1. The Hall–Kier alpha value is -3.53. The van der Waals surface area contributed by atoms with Crippen LogP contribution in [0.2, 0.25) is 5.02 Å². The van der Waals surface area contributed by atoms with Crippen molar-refractivity contribution in [1.29, 1.82) is 0 Å². The number of nitrogens with zero attached hydrogens (tertiary/aromatic N) is 5. The molecule has 0 atom stereocenters. The van der Waals surface area contributed by atoms with Gasteiger partial charge in [0.1, 0.15) is 18.9 Å². The molecule has 3 aromatic rings. The summed E-state index contributed by atoms with van der Waals surface area (Å²) < 4.78 is 10.9. The van der Waals surface area contributed by atoms with E-state index in [1.807, 2.05) is 0 Å². The Balaban J connectivity index is 1.86. The first-order chi connectivity index (χ1) is 13.0. The van der Waals surface area contributed by atoms with E-state index in [1.165, 1.54) is 0 Å². The third-order valence-corrected chi connectivity index (χ3v) is 4.00. The molecule has 2 aromatic carbocycles. The van der Waals surface area contributed by atoms with Gasteiger partial charge < -0.3 is 24.8 Å². The number of rotatable bonds is 3. The Labute approximate surface area is 156 Å². The van der Waals surface area contributed by atoms with Crippen molar-refractivity contribution >= 4 is 23.1 Å². The first-order valence-electron chi connectivity index (χ1n) is 7.79. The fraction of sp³-hybridized carbons (Fsp3) is 0.125. The van der Waals surface area contributed by atoms with Gasteiger partial charge in [0.15, 0.2) is 11.5 Å². The van der Waals surface area contributed by atoms with E-state index in [4.69, 9.17) is 21.1 Å². The number of benzene rings is 2. The van der Waals surface area contributed by atoms with E-state index < -0.39 is 10.7 Å². The molecule has 1 aromatic heterocycles. The van der Waals surface area contributed by atoms with Gasteiger partial charge >= 0.3 is 5.82 Å². The van der Waals surface area contributed by atoms with Crippen molar-refractivity contribution in [3.63, 3.8) is 0 Å². The van der Waals surface area contributed by atoms with Crippen molar-refractivity contribution < 1.29 is 19.6 Å². The summed E-state index contributed by atoms with van der Waals surface area (Å²) in [5.74, 6) is 0.387. The van der Waals surface area contributed by atoms with Crippen molar-refractivity contribution in [3.8, 4) is 17.2 Å². The van der Waals surface area contributed by atoms with Crippen LogP contribution in [0.3, 0.4) is 0 Å². The van der Waals surface area contributed by atoms with Gasteiger partial charge in [0, 0.05) is 11.1 Å². The second-order valence-corrected chi connectivity index (χ2v) is 5.94. The minimum absolute atomic E-state index is 0.336. The van der Waals surface area contributed by atoms with Crippen LogP contribution in [-0.4, -0.2) is 38.1 Å². The molecule has 11 heteroatoms. The Bertz CT molecular complexity index is 1090. The minimum atomic E-state index is -0.726. The molecule has 4 rings (SSSR count).